The number of carbonyl (C=O) groups excluding carboxylic acids is 1. The molecule has 168 valence electrons. The van der Waals surface area contributed by atoms with Crippen LogP contribution in [-0.4, -0.2) is 42.6 Å². The fourth-order valence-electron chi connectivity index (χ4n) is 2.60. The number of hydrogen-bond acceptors (Lipinski definition) is 7. The van der Waals surface area contributed by atoms with Gasteiger partial charge in [-0.2, -0.15) is 0 Å². The zero-order valence-corrected chi connectivity index (χ0v) is 16.4. The standard InChI is InChI=1S/C19H19F3N2O7/c1-3-30-17-8-13(14(24(27)28)9-16(17)29-2)18(26)23-10-15(25)11-4-6-12(7-5-11)31-19(20,21)22/h4-9,15,25H,3,10H2,1-2H3,(H,23,26). The number of carbonyl (C=O) groups is 1. The summed E-state index contributed by atoms with van der Waals surface area (Å²) < 4.78 is 50.7. The van der Waals surface area contributed by atoms with Gasteiger partial charge < -0.3 is 24.6 Å². The van der Waals surface area contributed by atoms with Gasteiger partial charge in [0.15, 0.2) is 11.5 Å². The molecule has 2 aromatic carbocycles. The van der Waals surface area contributed by atoms with Crippen LogP contribution in [0, 0.1) is 10.1 Å². The smallest absolute Gasteiger partial charge is 0.493 e. The lowest BCUT2D eigenvalue weighted by Crippen LogP contribution is -2.29. The normalized spacial score (nSPS) is 12.1. The van der Waals surface area contributed by atoms with Gasteiger partial charge in [-0.15, -0.1) is 13.2 Å². The molecular formula is C19H19F3N2O7. The predicted octanol–water partition coefficient (Wildman–Crippen LogP) is 3.36. The molecule has 12 heteroatoms. The van der Waals surface area contributed by atoms with Crippen molar-refractivity contribution in [1.29, 1.82) is 0 Å². The largest absolute Gasteiger partial charge is 0.573 e. The third-order valence-electron chi connectivity index (χ3n) is 3.98. The van der Waals surface area contributed by atoms with Crippen molar-refractivity contribution in [2.75, 3.05) is 20.3 Å². The van der Waals surface area contributed by atoms with E-state index in [1.165, 1.54) is 19.2 Å². The van der Waals surface area contributed by atoms with E-state index in [1.54, 1.807) is 6.92 Å². The van der Waals surface area contributed by atoms with Crippen molar-refractivity contribution in [2.24, 2.45) is 0 Å². The van der Waals surface area contributed by atoms with E-state index >= 15 is 0 Å². The second-order valence-corrected chi connectivity index (χ2v) is 6.05. The number of aliphatic hydroxyl groups is 1. The Labute approximate surface area is 174 Å². The van der Waals surface area contributed by atoms with Crippen molar-refractivity contribution >= 4 is 11.6 Å². The number of nitrogens with one attached hydrogen (secondary N) is 1. The van der Waals surface area contributed by atoms with Gasteiger partial charge in [-0.3, -0.25) is 14.9 Å². The highest BCUT2D eigenvalue weighted by atomic mass is 19.4. The van der Waals surface area contributed by atoms with Gasteiger partial charge in [0.05, 0.1) is 30.8 Å². The van der Waals surface area contributed by atoms with E-state index in [4.69, 9.17) is 9.47 Å². The maximum absolute atomic E-state index is 12.5. The molecule has 9 nitrogen and oxygen atoms in total. The number of aliphatic hydroxyl groups excluding tert-OH is 1. The zero-order chi connectivity index (χ0) is 23.2. The van der Waals surface area contributed by atoms with Crippen LogP contribution in [0.4, 0.5) is 18.9 Å². The highest BCUT2D eigenvalue weighted by Crippen LogP contribution is 2.34. The molecule has 0 aromatic heterocycles. The number of ether oxygens (including phenoxy) is 3. The number of halogens is 3. The first-order valence-corrected chi connectivity index (χ1v) is 8.87. The average molecular weight is 444 g/mol. The van der Waals surface area contributed by atoms with Gasteiger partial charge in [-0.1, -0.05) is 12.1 Å². The van der Waals surface area contributed by atoms with Crippen molar-refractivity contribution in [3.05, 3.63) is 57.6 Å². The summed E-state index contributed by atoms with van der Waals surface area (Å²) in [5.74, 6) is -1.12. The molecule has 0 aliphatic heterocycles. The summed E-state index contributed by atoms with van der Waals surface area (Å²) in [4.78, 5) is 23.1. The molecule has 1 amide bonds. The average Bonchev–Trinajstić information content (AvgIpc) is 2.70. The number of alkyl halides is 3. The molecule has 1 unspecified atom stereocenters. The van der Waals surface area contributed by atoms with E-state index in [0.717, 1.165) is 24.3 Å². The molecule has 2 rings (SSSR count). The Bertz CT molecular complexity index is 933. The van der Waals surface area contributed by atoms with E-state index in [2.05, 4.69) is 10.1 Å². The van der Waals surface area contributed by atoms with Crippen LogP contribution in [0.3, 0.4) is 0 Å². The summed E-state index contributed by atoms with van der Waals surface area (Å²) in [5.41, 5.74) is -0.634. The third kappa shape index (κ3) is 6.47. The maximum Gasteiger partial charge on any atom is 0.573 e. The minimum atomic E-state index is -4.85. The molecule has 0 fully saturated rings. The second kappa shape index (κ2) is 9.98. The number of rotatable bonds is 9. The van der Waals surface area contributed by atoms with Crippen LogP contribution in [0.2, 0.25) is 0 Å². The summed E-state index contributed by atoms with van der Waals surface area (Å²) in [5, 5.41) is 23.9. The molecule has 0 aliphatic carbocycles. The lowest BCUT2D eigenvalue weighted by atomic mass is 10.1. The van der Waals surface area contributed by atoms with Crippen LogP contribution in [-0.2, 0) is 0 Å². The Hall–Kier alpha value is -3.54. The fourth-order valence-corrected chi connectivity index (χ4v) is 2.60. The zero-order valence-electron chi connectivity index (χ0n) is 16.4. The molecule has 2 aromatic rings. The van der Waals surface area contributed by atoms with Gasteiger partial charge in [-0.05, 0) is 24.6 Å². The van der Waals surface area contributed by atoms with Gasteiger partial charge in [0.1, 0.15) is 11.3 Å². The monoisotopic (exact) mass is 444 g/mol. The van der Waals surface area contributed by atoms with Gasteiger partial charge >= 0.3 is 6.36 Å². The van der Waals surface area contributed by atoms with E-state index in [0.29, 0.717) is 0 Å². The lowest BCUT2D eigenvalue weighted by Gasteiger charge is -2.15. The first-order valence-electron chi connectivity index (χ1n) is 8.87. The number of nitro groups is 1. The van der Waals surface area contributed by atoms with Crippen LogP contribution in [0.25, 0.3) is 0 Å². The number of nitrogens with zero attached hydrogens (tertiary/aromatic N) is 1. The van der Waals surface area contributed by atoms with Crippen LogP contribution in [0.5, 0.6) is 17.2 Å². The Morgan fingerprint density at radius 1 is 1.23 bits per heavy atom. The fraction of sp³-hybridized carbons (Fsp3) is 0.316. The first kappa shape index (κ1) is 23.7. The van der Waals surface area contributed by atoms with Crippen molar-refractivity contribution < 1.29 is 42.2 Å². The first-order chi connectivity index (χ1) is 14.6. The molecule has 0 saturated carbocycles. The molecule has 0 radical (unpaired) electrons. The van der Waals surface area contributed by atoms with Gasteiger partial charge in [0.2, 0.25) is 0 Å². The van der Waals surface area contributed by atoms with E-state index < -0.39 is 34.7 Å². The Kier molecular flexibility index (Phi) is 7.64. The Morgan fingerprint density at radius 2 is 1.87 bits per heavy atom. The topological polar surface area (TPSA) is 120 Å². The molecular weight excluding hydrogens is 425 g/mol. The minimum Gasteiger partial charge on any atom is -0.493 e. The second-order valence-electron chi connectivity index (χ2n) is 6.05. The SMILES string of the molecule is CCOc1cc(C(=O)NCC(O)c2ccc(OC(F)(F)F)cc2)c([N+](=O)[O-])cc1OC. The van der Waals surface area contributed by atoms with Crippen molar-refractivity contribution in [3.63, 3.8) is 0 Å². The lowest BCUT2D eigenvalue weighted by molar-refractivity contribution is -0.385. The van der Waals surface area contributed by atoms with Crippen LogP contribution >= 0.6 is 0 Å². The van der Waals surface area contributed by atoms with Crippen molar-refractivity contribution in [3.8, 4) is 17.2 Å². The van der Waals surface area contributed by atoms with E-state index in [-0.39, 0.29) is 35.8 Å². The highest BCUT2D eigenvalue weighted by Gasteiger charge is 2.31. The number of amides is 1. The van der Waals surface area contributed by atoms with Gasteiger partial charge in [-0.25, -0.2) is 0 Å². The number of hydrogen-bond donors (Lipinski definition) is 2. The molecule has 0 saturated heterocycles. The predicted molar refractivity (Wildman–Crippen MR) is 101 cm³/mol. The van der Waals surface area contributed by atoms with Gasteiger partial charge in [0, 0.05) is 12.6 Å². The maximum atomic E-state index is 12.5. The molecule has 1 atom stereocenters. The van der Waals surface area contributed by atoms with Crippen molar-refractivity contribution in [2.45, 2.75) is 19.4 Å². The quantitative estimate of drug-likeness (QED) is 0.449. The third-order valence-corrected chi connectivity index (χ3v) is 3.98. The molecule has 0 bridgehead atoms. The molecule has 2 N–H and O–H groups in total. The van der Waals surface area contributed by atoms with Gasteiger partial charge in [0.25, 0.3) is 11.6 Å². The Balaban J connectivity index is 2.14. The number of benzene rings is 2. The molecule has 0 aliphatic rings. The van der Waals surface area contributed by atoms with Crippen LogP contribution < -0.4 is 19.5 Å². The summed E-state index contributed by atoms with van der Waals surface area (Å²) in [6, 6.07) is 6.62. The minimum absolute atomic E-state index is 0.0753. The summed E-state index contributed by atoms with van der Waals surface area (Å²) in [6.07, 6.45) is -6.13. The van der Waals surface area contributed by atoms with Crippen LogP contribution in [0.15, 0.2) is 36.4 Å². The number of methoxy groups -OCH3 is 1. The highest BCUT2D eigenvalue weighted by molar-refractivity contribution is 5.99. The molecule has 31 heavy (non-hydrogen) atoms. The van der Waals surface area contributed by atoms with E-state index in [1.807, 2.05) is 0 Å². The van der Waals surface area contributed by atoms with Crippen LogP contribution in [0.1, 0.15) is 28.9 Å². The summed E-state index contributed by atoms with van der Waals surface area (Å²) in [7, 11) is 1.29. The summed E-state index contributed by atoms with van der Waals surface area (Å²) >= 11 is 0. The number of nitro benzene ring substituents is 1. The summed E-state index contributed by atoms with van der Waals surface area (Å²) in [6.45, 7) is 1.55. The molecule has 0 spiro atoms. The Morgan fingerprint density at radius 3 is 2.39 bits per heavy atom. The van der Waals surface area contributed by atoms with Crippen molar-refractivity contribution in [1.82, 2.24) is 5.32 Å². The van der Waals surface area contributed by atoms with E-state index in [9.17, 15) is 33.2 Å². The molecule has 0 heterocycles.